The second-order valence-electron chi connectivity index (χ2n) is 7.80. The van der Waals surface area contributed by atoms with Gasteiger partial charge in [-0.3, -0.25) is 14.2 Å². The molecule has 0 aliphatic carbocycles. The van der Waals surface area contributed by atoms with Gasteiger partial charge in [-0.25, -0.2) is 9.97 Å². The lowest BCUT2D eigenvalue weighted by Crippen LogP contribution is -2.30. The highest BCUT2D eigenvalue weighted by atomic mass is 16.2. The van der Waals surface area contributed by atoms with Gasteiger partial charge < -0.3 is 9.88 Å². The Bertz CT molecular complexity index is 1140. The van der Waals surface area contributed by atoms with Gasteiger partial charge >= 0.3 is 0 Å². The van der Waals surface area contributed by atoms with Crippen LogP contribution in [0.4, 0.5) is 5.69 Å². The van der Waals surface area contributed by atoms with Crippen LogP contribution in [0.15, 0.2) is 29.2 Å². The summed E-state index contributed by atoms with van der Waals surface area (Å²) >= 11 is 0. The van der Waals surface area contributed by atoms with Crippen molar-refractivity contribution in [3.05, 3.63) is 52.1 Å². The zero-order chi connectivity index (χ0) is 19.3. The minimum Gasteiger partial charge on any atom is -0.332 e. The van der Waals surface area contributed by atoms with Crippen molar-refractivity contribution >= 4 is 22.5 Å². The number of carbonyl (C=O) groups excluding carboxylic acids is 1. The van der Waals surface area contributed by atoms with Gasteiger partial charge in [0, 0.05) is 49.4 Å². The summed E-state index contributed by atoms with van der Waals surface area (Å²) in [6.45, 7) is 3.53. The molecule has 0 radical (unpaired) electrons. The number of benzene rings is 1. The van der Waals surface area contributed by atoms with Crippen molar-refractivity contribution in [2.45, 2.75) is 52.1 Å². The Morgan fingerprint density at radius 1 is 1.21 bits per heavy atom. The number of nitrogens with zero attached hydrogens (tertiary/aromatic N) is 4. The quantitative estimate of drug-likeness (QED) is 0.744. The van der Waals surface area contributed by atoms with Crippen molar-refractivity contribution in [3.8, 4) is 0 Å². The van der Waals surface area contributed by atoms with E-state index in [2.05, 4.69) is 19.9 Å². The smallest absolute Gasteiger partial charge is 0.261 e. The minimum atomic E-state index is -0.0814. The van der Waals surface area contributed by atoms with Gasteiger partial charge in [0.25, 0.3) is 5.56 Å². The van der Waals surface area contributed by atoms with Crippen molar-refractivity contribution in [1.82, 2.24) is 19.1 Å². The second-order valence-corrected chi connectivity index (χ2v) is 7.80. The van der Waals surface area contributed by atoms with Gasteiger partial charge in [-0.1, -0.05) is 0 Å². The topological polar surface area (TPSA) is 81.8 Å². The van der Waals surface area contributed by atoms with Crippen LogP contribution in [0.5, 0.6) is 0 Å². The Morgan fingerprint density at radius 2 is 2.11 bits per heavy atom. The molecule has 3 aromatic rings. The van der Waals surface area contributed by atoms with E-state index in [4.69, 9.17) is 0 Å². The number of hydrogen-bond acceptors (Lipinski definition) is 4. The van der Waals surface area contributed by atoms with E-state index >= 15 is 0 Å². The van der Waals surface area contributed by atoms with E-state index in [-0.39, 0.29) is 17.4 Å². The maximum absolute atomic E-state index is 12.9. The van der Waals surface area contributed by atoms with Gasteiger partial charge in [-0.2, -0.15) is 0 Å². The molecule has 1 aromatic carbocycles. The monoisotopic (exact) mass is 377 g/mol. The summed E-state index contributed by atoms with van der Waals surface area (Å²) in [5, 5.41) is 3.57. The summed E-state index contributed by atoms with van der Waals surface area (Å²) in [6.07, 6.45) is 6.28. The lowest BCUT2D eigenvalue weighted by Gasteiger charge is -2.24. The summed E-state index contributed by atoms with van der Waals surface area (Å²) < 4.78 is 3.96. The molecule has 0 saturated heterocycles. The summed E-state index contributed by atoms with van der Waals surface area (Å²) in [5.41, 5.74) is 2.46. The average Bonchev–Trinajstić information content (AvgIpc) is 3.09. The minimum absolute atomic E-state index is 0.00419. The fraction of sp³-hybridized carbons (Fsp3) is 0.429. The lowest BCUT2D eigenvalue weighted by atomic mass is 9.95. The average molecular weight is 377 g/mol. The third-order valence-corrected chi connectivity index (χ3v) is 6.00. The number of anilines is 1. The molecule has 1 unspecified atom stereocenters. The van der Waals surface area contributed by atoms with Crippen LogP contribution in [-0.4, -0.2) is 25.0 Å². The summed E-state index contributed by atoms with van der Waals surface area (Å²) in [7, 11) is 0. The zero-order valence-corrected chi connectivity index (χ0v) is 15.9. The van der Waals surface area contributed by atoms with Crippen LogP contribution in [0.25, 0.3) is 10.9 Å². The van der Waals surface area contributed by atoms with E-state index in [0.29, 0.717) is 23.0 Å². The maximum atomic E-state index is 12.9. The number of amides is 1. The normalized spacial score (nSPS) is 18.5. The first-order valence-corrected chi connectivity index (χ1v) is 9.95. The number of fused-ring (bicyclic) bond motifs is 3. The molecule has 2 aliphatic heterocycles. The molecule has 144 valence electrons. The van der Waals surface area contributed by atoms with Crippen LogP contribution < -0.4 is 10.9 Å². The molecule has 2 aliphatic rings. The fourth-order valence-corrected chi connectivity index (χ4v) is 4.41. The molecule has 4 heterocycles. The van der Waals surface area contributed by atoms with Crippen LogP contribution >= 0.6 is 0 Å². The van der Waals surface area contributed by atoms with Gasteiger partial charge in [-0.15, -0.1) is 0 Å². The Morgan fingerprint density at radius 3 is 3.00 bits per heavy atom. The second kappa shape index (κ2) is 6.58. The molecule has 1 amide bonds. The molecular formula is C21H23N5O2. The number of carbonyl (C=O) groups is 1. The first-order valence-electron chi connectivity index (χ1n) is 9.95. The molecule has 1 atom stereocenters. The molecule has 0 fully saturated rings. The number of hydrogen-bond donors (Lipinski definition) is 1. The first kappa shape index (κ1) is 17.2. The molecule has 1 N–H and O–H groups in total. The third kappa shape index (κ3) is 2.82. The molecule has 7 nitrogen and oxygen atoms in total. The summed E-state index contributed by atoms with van der Waals surface area (Å²) in [4.78, 5) is 34.6. The Labute approximate surface area is 162 Å². The van der Waals surface area contributed by atoms with Crippen LogP contribution in [0.2, 0.25) is 0 Å². The van der Waals surface area contributed by atoms with Gasteiger partial charge in [0.05, 0.1) is 10.9 Å². The number of nitrogens with one attached hydrogen (secondary N) is 1. The van der Waals surface area contributed by atoms with Gasteiger partial charge in [0.15, 0.2) is 0 Å². The van der Waals surface area contributed by atoms with Crippen LogP contribution in [0.1, 0.15) is 36.6 Å². The summed E-state index contributed by atoms with van der Waals surface area (Å²) in [5.74, 6) is 1.78. The maximum Gasteiger partial charge on any atom is 0.261 e. The van der Waals surface area contributed by atoms with E-state index < -0.39 is 0 Å². The Hall–Kier alpha value is -2.96. The molecule has 7 heteroatoms. The first-order chi connectivity index (χ1) is 13.6. The van der Waals surface area contributed by atoms with Crippen molar-refractivity contribution in [3.63, 3.8) is 0 Å². The molecule has 0 saturated carbocycles. The van der Waals surface area contributed by atoms with Gasteiger partial charge in [0.2, 0.25) is 5.91 Å². The Kier molecular flexibility index (Phi) is 4.03. The highest BCUT2D eigenvalue weighted by molar-refractivity contribution is 5.95. The molecule has 28 heavy (non-hydrogen) atoms. The SMILES string of the molecule is Cc1ncc2n1CCC(C(=O)Nc1ccc3nc4n(c(=O)c3c1)CCCC4)C2. The van der Waals surface area contributed by atoms with Crippen LogP contribution in [0.3, 0.4) is 0 Å². The van der Waals surface area contributed by atoms with E-state index in [1.165, 1.54) is 0 Å². The summed E-state index contributed by atoms with van der Waals surface area (Å²) in [6, 6.07) is 5.44. The standard InChI is InChI=1S/C21H23N5O2/c1-13-22-12-16-10-14(7-9-25(13)16)20(27)23-15-5-6-18-17(11-15)21(28)26-8-3-2-4-19(26)24-18/h5-6,11-12,14H,2-4,7-10H2,1H3,(H,23,27). The van der Waals surface area contributed by atoms with Crippen molar-refractivity contribution in [2.75, 3.05) is 5.32 Å². The molecule has 2 aromatic heterocycles. The Balaban J connectivity index is 1.40. The number of aromatic nitrogens is 4. The van der Waals surface area contributed by atoms with Crippen LogP contribution in [0, 0.1) is 12.8 Å². The van der Waals surface area contributed by atoms with E-state index in [0.717, 1.165) is 56.1 Å². The van der Waals surface area contributed by atoms with Crippen molar-refractivity contribution in [1.29, 1.82) is 0 Å². The highest BCUT2D eigenvalue weighted by Gasteiger charge is 2.26. The predicted octanol–water partition coefficient (Wildman–Crippen LogP) is 2.44. The van der Waals surface area contributed by atoms with E-state index in [9.17, 15) is 9.59 Å². The van der Waals surface area contributed by atoms with E-state index in [1.807, 2.05) is 25.3 Å². The van der Waals surface area contributed by atoms with Crippen molar-refractivity contribution < 1.29 is 4.79 Å². The van der Waals surface area contributed by atoms with E-state index in [1.54, 1.807) is 10.6 Å². The fourth-order valence-electron chi connectivity index (χ4n) is 4.41. The molecular weight excluding hydrogens is 354 g/mol. The molecule has 5 rings (SSSR count). The van der Waals surface area contributed by atoms with Gasteiger partial charge in [0.1, 0.15) is 11.6 Å². The van der Waals surface area contributed by atoms with Gasteiger partial charge in [-0.05, 0) is 44.4 Å². The number of rotatable bonds is 2. The third-order valence-electron chi connectivity index (χ3n) is 6.00. The molecule has 0 bridgehead atoms. The molecule has 0 spiro atoms. The van der Waals surface area contributed by atoms with Crippen LogP contribution in [-0.2, 0) is 30.7 Å². The number of imidazole rings is 1. The largest absolute Gasteiger partial charge is 0.332 e. The lowest BCUT2D eigenvalue weighted by molar-refractivity contribution is -0.120. The van der Waals surface area contributed by atoms with Crippen molar-refractivity contribution in [2.24, 2.45) is 5.92 Å². The zero-order valence-electron chi connectivity index (χ0n) is 15.9. The predicted molar refractivity (Wildman–Crippen MR) is 106 cm³/mol. The highest BCUT2D eigenvalue weighted by Crippen LogP contribution is 2.24. The number of aryl methyl sites for hydroxylation is 2.